The van der Waals surface area contributed by atoms with Gasteiger partial charge in [-0.05, 0) is 28.7 Å². The van der Waals surface area contributed by atoms with E-state index in [2.05, 4.69) is 59.8 Å². The van der Waals surface area contributed by atoms with Crippen molar-refractivity contribution in [2.24, 2.45) is 5.73 Å². The van der Waals surface area contributed by atoms with Crippen LogP contribution in [0.2, 0.25) is 0 Å². The van der Waals surface area contributed by atoms with Gasteiger partial charge < -0.3 is 10.6 Å². The maximum absolute atomic E-state index is 11.3. The molecule has 5 heteroatoms. The Hall–Kier alpha value is -2.40. The van der Waals surface area contributed by atoms with Gasteiger partial charge in [0.2, 0.25) is 0 Å². The number of carbonyl (C=O) groups is 1. The second-order valence-electron chi connectivity index (χ2n) is 7.96. The molecule has 1 fully saturated rings. The second-order valence-corrected chi connectivity index (χ2v) is 7.96. The van der Waals surface area contributed by atoms with Gasteiger partial charge >= 0.3 is 0 Å². The van der Waals surface area contributed by atoms with E-state index in [0.717, 1.165) is 38.5 Å². The Balaban J connectivity index is 1.57. The number of nitrogens with two attached hydrogens (primary N) is 1. The maximum atomic E-state index is 11.3. The number of anilines is 1. The molecule has 1 amide bonds. The van der Waals surface area contributed by atoms with Crippen LogP contribution in [0.3, 0.4) is 0 Å². The Bertz CT molecular complexity index is 756. The Morgan fingerprint density at radius 3 is 2.27 bits per heavy atom. The zero-order chi connectivity index (χ0) is 18.7. The molecule has 0 spiro atoms. The molecular weight excluding hydrogens is 324 g/mol. The number of hydrogen-bond donors (Lipinski definition) is 1. The number of rotatable bonds is 4. The van der Waals surface area contributed by atoms with Crippen LogP contribution >= 0.6 is 0 Å². The second kappa shape index (κ2) is 7.46. The maximum Gasteiger partial charge on any atom is 0.267 e. The highest BCUT2D eigenvalue weighted by molar-refractivity contribution is 5.91. The summed E-state index contributed by atoms with van der Waals surface area (Å²) in [5, 5.41) is 0. The molecule has 1 saturated heterocycles. The summed E-state index contributed by atoms with van der Waals surface area (Å²) in [6, 6.07) is 14.4. The number of aromatic nitrogens is 1. The lowest BCUT2D eigenvalue weighted by Crippen LogP contribution is -2.46. The predicted octanol–water partition coefficient (Wildman–Crippen LogP) is 2.80. The van der Waals surface area contributed by atoms with Gasteiger partial charge in [0, 0.05) is 32.7 Å². The van der Waals surface area contributed by atoms with Gasteiger partial charge in [0.1, 0.15) is 11.5 Å². The van der Waals surface area contributed by atoms with Crippen molar-refractivity contribution >= 4 is 11.7 Å². The quantitative estimate of drug-likeness (QED) is 0.919. The number of amides is 1. The van der Waals surface area contributed by atoms with Crippen molar-refractivity contribution in [1.29, 1.82) is 0 Å². The van der Waals surface area contributed by atoms with Crippen LogP contribution in [-0.4, -0.2) is 42.0 Å². The van der Waals surface area contributed by atoms with E-state index in [-0.39, 0.29) is 5.41 Å². The third kappa shape index (κ3) is 4.41. The number of carbonyl (C=O) groups excluding carboxylic acids is 1. The van der Waals surface area contributed by atoms with E-state index in [0.29, 0.717) is 5.69 Å². The molecule has 2 N–H and O–H groups in total. The first-order valence-electron chi connectivity index (χ1n) is 9.16. The van der Waals surface area contributed by atoms with E-state index in [1.807, 2.05) is 12.1 Å². The van der Waals surface area contributed by atoms with Gasteiger partial charge in [0.25, 0.3) is 5.91 Å². The summed E-state index contributed by atoms with van der Waals surface area (Å²) in [7, 11) is 0. The summed E-state index contributed by atoms with van der Waals surface area (Å²) in [5.41, 5.74) is 8.56. The van der Waals surface area contributed by atoms with Crippen LogP contribution < -0.4 is 10.6 Å². The van der Waals surface area contributed by atoms with Crippen molar-refractivity contribution in [2.75, 3.05) is 31.1 Å². The number of pyridine rings is 1. The summed E-state index contributed by atoms with van der Waals surface area (Å²) >= 11 is 0. The molecule has 5 nitrogen and oxygen atoms in total. The fourth-order valence-electron chi connectivity index (χ4n) is 3.24. The van der Waals surface area contributed by atoms with E-state index in [1.54, 1.807) is 6.07 Å². The van der Waals surface area contributed by atoms with Crippen LogP contribution in [0.5, 0.6) is 0 Å². The molecule has 26 heavy (non-hydrogen) atoms. The average Bonchev–Trinajstić information content (AvgIpc) is 2.62. The molecular formula is C21H28N4O. The largest absolute Gasteiger partial charge is 0.364 e. The molecule has 1 aromatic carbocycles. The Labute approximate surface area is 155 Å². The number of hydrogen-bond acceptors (Lipinski definition) is 4. The first-order valence-corrected chi connectivity index (χ1v) is 9.16. The van der Waals surface area contributed by atoms with Gasteiger partial charge in [-0.3, -0.25) is 9.69 Å². The Morgan fingerprint density at radius 2 is 1.69 bits per heavy atom. The molecule has 1 aliphatic rings. The fourth-order valence-corrected chi connectivity index (χ4v) is 3.24. The third-order valence-corrected chi connectivity index (χ3v) is 4.91. The highest BCUT2D eigenvalue weighted by Crippen LogP contribution is 2.23. The first kappa shape index (κ1) is 18.4. The van der Waals surface area contributed by atoms with Gasteiger partial charge in [-0.15, -0.1) is 0 Å². The predicted molar refractivity (Wildman–Crippen MR) is 105 cm³/mol. The molecule has 0 unspecified atom stereocenters. The van der Waals surface area contributed by atoms with Gasteiger partial charge in [-0.2, -0.15) is 0 Å². The van der Waals surface area contributed by atoms with Gasteiger partial charge in [0.05, 0.1) is 0 Å². The van der Waals surface area contributed by atoms with Crippen molar-refractivity contribution in [3.05, 3.63) is 59.3 Å². The Kier molecular flexibility index (Phi) is 5.28. The average molecular weight is 352 g/mol. The topological polar surface area (TPSA) is 62.5 Å². The van der Waals surface area contributed by atoms with Crippen LogP contribution in [0.15, 0.2) is 42.5 Å². The molecule has 2 aromatic rings. The summed E-state index contributed by atoms with van der Waals surface area (Å²) in [6.07, 6.45) is 0. The molecule has 1 aliphatic heterocycles. The van der Waals surface area contributed by atoms with Crippen LogP contribution in [-0.2, 0) is 12.0 Å². The van der Waals surface area contributed by atoms with Gasteiger partial charge in [-0.25, -0.2) is 4.98 Å². The fraction of sp³-hybridized carbons (Fsp3) is 0.429. The molecule has 2 heterocycles. The van der Waals surface area contributed by atoms with Crippen LogP contribution in [0.4, 0.5) is 5.82 Å². The highest BCUT2D eigenvalue weighted by Gasteiger charge is 2.19. The minimum Gasteiger partial charge on any atom is -0.364 e. The van der Waals surface area contributed by atoms with E-state index in [9.17, 15) is 4.79 Å². The monoisotopic (exact) mass is 352 g/mol. The smallest absolute Gasteiger partial charge is 0.267 e. The van der Waals surface area contributed by atoms with Crippen molar-refractivity contribution < 1.29 is 4.79 Å². The SMILES string of the molecule is CC(C)(C)c1ccc(CN2CCN(c3cccc(C(N)=O)n3)CC2)cc1. The van der Waals surface area contributed by atoms with Gasteiger partial charge in [0.15, 0.2) is 0 Å². The third-order valence-electron chi connectivity index (χ3n) is 4.91. The van der Waals surface area contributed by atoms with Crippen LogP contribution in [0, 0.1) is 0 Å². The van der Waals surface area contributed by atoms with Crippen molar-refractivity contribution in [1.82, 2.24) is 9.88 Å². The number of piperazine rings is 1. The zero-order valence-corrected chi connectivity index (χ0v) is 15.9. The molecule has 0 aliphatic carbocycles. The first-order chi connectivity index (χ1) is 12.3. The molecule has 138 valence electrons. The van der Waals surface area contributed by atoms with Crippen molar-refractivity contribution in [3.63, 3.8) is 0 Å². The lowest BCUT2D eigenvalue weighted by molar-refractivity contribution is 0.0995. The minimum absolute atomic E-state index is 0.191. The number of benzene rings is 1. The number of nitrogens with zero attached hydrogens (tertiary/aromatic N) is 3. The van der Waals surface area contributed by atoms with E-state index < -0.39 is 5.91 Å². The molecule has 1 aromatic heterocycles. The summed E-state index contributed by atoms with van der Waals surface area (Å²) in [5.74, 6) is 0.347. The van der Waals surface area contributed by atoms with Crippen molar-refractivity contribution in [3.8, 4) is 0 Å². The summed E-state index contributed by atoms with van der Waals surface area (Å²) < 4.78 is 0. The van der Waals surface area contributed by atoms with E-state index >= 15 is 0 Å². The minimum atomic E-state index is -0.482. The zero-order valence-electron chi connectivity index (χ0n) is 15.9. The van der Waals surface area contributed by atoms with Crippen LogP contribution in [0.1, 0.15) is 42.4 Å². The lowest BCUT2D eigenvalue weighted by Gasteiger charge is -2.35. The summed E-state index contributed by atoms with van der Waals surface area (Å²) in [4.78, 5) is 20.4. The normalized spacial score (nSPS) is 15.9. The lowest BCUT2D eigenvalue weighted by atomic mass is 9.87. The standard InChI is InChI=1S/C21H28N4O/c1-21(2,3)17-9-7-16(8-10-17)15-24-11-13-25(14-12-24)19-6-4-5-18(23-19)20(22)26/h4-10H,11-15H2,1-3H3,(H2,22,26). The Morgan fingerprint density at radius 1 is 1.04 bits per heavy atom. The molecule has 0 atom stereocenters. The summed E-state index contributed by atoms with van der Waals surface area (Å²) in [6.45, 7) is 11.4. The number of primary amides is 1. The van der Waals surface area contributed by atoms with Crippen molar-refractivity contribution in [2.45, 2.75) is 32.7 Å². The van der Waals surface area contributed by atoms with Gasteiger partial charge in [-0.1, -0.05) is 51.1 Å². The molecule has 3 rings (SSSR count). The highest BCUT2D eigenvalue weighted by atomic mass is 16.1. The van der Waals surface area contributed by atoms with E-state index in [4.69, 9.17) is 5.73 Å². The van der Waals surface area contributed by atoms with Crippen LogP contribution in [0.25, 0.3) is 0 Å². The van der Waals surface area contributed by atoms with E-state index in [1.165, 1.54) is 11.1 Å². The molecule has 0 saturated carbocycles. The molecule has 0 radical (unpaired) electrons. The molecule has 0 bridgehead atoms.